The SMILES string of the molecule is CC1=CC(C)(C)N(C)c2cc(C)c(/C=c3/sc4nc5ccccc5n4c3=O)cc21. The van der Waals surface area contributed by atoms with E-state index in [9.17, 15) is 4.79 Å². The summed E-state index contributed by atoms with van der Waals surface area (Å²) in [4.78, 5) is 20.8. The van der Waals surface area contributed by atoms with E-state index < -0.39 is 0 Å². The number of benzene rings is 2. The minimum absolute atomic E-state index is 0.00124. The van der Waals surface area contributed by atoms with Crippen LogP contribution in [0.1, 0.15) is 37.5 Å². The average molecular weight is 402 g/mol. The van der Waals surface area contributed by atoms with Gasteiger partial charge in [0, 0.05) is 18.3 Å². The fourth-order valence-electron chi connectivity index (χ4n) is 4.23. The Hall–Kier alpha value is -2.92. The molecule has 1 aliphatic rings. The van der Waals surface area contributed by atoms with E-state index in [0.717, 1.165) is 27.1 Å². The molecule has 29 heavy (non-hydrogen) atoms. The molecule has 3 heterocycles. The van der Waals surface area contributed by atoms with Crippen molar-refractivity contribution < 1.29 is 0 Å². The fourth-order valence-corrected chi connectivity index (χ4v) is 5.20. The van der Waals surface area contributed by atoms with Gasteiger partial charge in [-0.05, 0) is 74.7 Å². The molecule has 0 fully saturated rings. The number of para-hydroxylation sites is 2. The maximum absolute atomic E-state index is 13.1. The first-order valence-electron chi connectivity index (χ1n) is 9.76. The molecule has 0 N–H and O–H groups in total. The van der Waals surface area contributed by atoms with Crippen molar-refractivity contribution in [2.24, 2.45) is 0 Å². The molecule has 0 unspecified atom stereocenters. The van der Waals surface area contributed by atoms with Crippen LogP contribution in [-0.4, -0.2) is 22.0 Å². The molecule has 1 aliphatic heterocycles. The summed E-state index contributed by atoms with van der Waals surface area (Å²) in [5.41, 5.74) is 7.69. The molecule has 0 saturated carbocycles. The minimum Gasteiger partial charge on any atom is -0.365 e. The van der Waals surface area contributed by atoms with Gasteiger partial charge in [0.15, 0.2) is 4.96 Å². The van der Waals surface area contributed by atoms with Gasteiger partial charge in [-0.25, -0.2) is 9.38 Å². The maximum Gasteiger partial charge on any atom is 0.274 e. The van der Waals surface area contributed by atoms with E-state index in [0.29, 0.717) is 4.53 Å². The highest BCUT2D eigenvalue weighted by molar-refractivity contribution is 7.15. The van der Waals surface area contributed by atoms with Gasteiger partial charge in [0.25, 0.3) is 5.56 Å². The molecular weight excluding hydrogens is 378 g/mol. The van der Waals surface area contributed by atoms with E-state index in [1.807, 2.05) is 30.3 Å². The normalized spacial score (nSPS) is 16.5. The molecule has 0 spiro atoms. The van der Waals surface area contributed by atoms with E-state index >= 15 is 0 Å². The molecular formula is C24H23N3OS. The van der Waals surface area contributed by atoms with Crippen molar-refractivity contribution in [1.29, 1.82) is 0 Å². The van der Waals surface area contributed by atoms with Crippen LogP contribution in [0.4, 0.5) is 5.69 Å². The van der Waals surface area contributed by atoms with Crippen molar-refractivity contribution >= 4 is 44.7 Å². The third-order valence-electron chi connectivity index (χ3n) is 6.04. The highest BCUT2D eigenvalue weighted by Gasteiger charge is 2.28. The van der Waals surface area contributed by atoms with Crippen molar-refractivity contribution in [3.05, 3.63) is 74.1 Å². The second-order valence-corrected chi connectivity index (χ2v) is 9.41. The van der Waals surface area contributed by atoms with Crippen LogP contribution in [0.2, 0.25) is 0 Å². The number of hydrogen-bond donors (Lipinski definition) is 0. The fraction of sp³-hybridized carbons (Fsp3) is 0.250. The molecule has 2 aromatic heterocycles. The van der Waals surface area contributed by atoms with Gasteiger partial charge in [-0.15, -0.1) is 0 Å². The molecule has 146 valence electrons. The van der Waals surface area contributed by atoms with Crippen LogP contribution >= 0.6 is 11.3 Å². The molecule has 0 saturated heterocycles. The molecule has 5 rings (SSSR count). The number of rotatable bonds is 1. The van der Waals surface area contributed by atoms with Crippen molar-refractivity contribution in [3.63, 3.8) is 0 Å². The molecule has 0 aliphatic carbocycles. The zero-order valence-corrected chi connectivity index (χ0v) is 18.1. The van der Waals surface area contributed by atoms with Gasteiger partial charge in [0.2, 0.25) is 0 Å². The second-order valence-electron chi connectivity index (χ2n) is 8.40. The highest BCUT2D eigenvalue weighted by Crippen LogP contribution is 2.39. The quantitative estimate of drug-likeness (QED) is 0.475. The lowest BCUT2D eigenvalue weighted by atomic mass is 9.87. The lowest BCUT2D eigenvalue weighted by molar-refractivity contribution is 0.597. The van der Waals surface area contributed by atoms with Gasteiger partial charge in [-0.1, -0.05) is 29.5 Å². The summed E-state index contributed by atoms with van der Waals surface area (Å²) in [6.45, 7) is 8.73. The number of hydrogen-bond acceptors (Lipinski definition) is 4. The zero-order chi connectivity index (χ0) is 20.5. The van der Waals surface area contributed by atoms with Crippen LogP contribution in [0.25, 0.3) is 27.6 Å². The number of aromatic nitrogens is 2. The largest absolute Gasteiger partial charge is 0.365 e. The minimum atomic E-state index is -0.0168. The number of aryl methyl sites for hydroxylation is 1. The summed E-state index contributed by atoms with van der Waals surface area (Å²) in [5.74, 6) is 0. The van der Waals surface area contributed by atoms with Crippen LogP contribution < -0.4 is 15.0 Å². The summed E-state index contributed by atoms with van der Waals surface area (Å²) in [5, 5.41) is 0. The molecule has 0 bridgehead atoms. The Kier molecular flexibility index (Phi) is 3.77. The predicted molar refractivity (Wildman–Crippen MR) is 123 cm³/mol. The van der Waals surface area contributed by atoms with E-state index in [1.54, 1.807) is 4.40 Å². The van der Waals surface area contributed by atoms with Gasteiger partial charge in [0.1, 0.15) is 0 Å². The smallest absolute Gasteiger partial charge is 0.274 e. The second kappa shape index (κ2) is 6.04. The maximum atomic E-state index is 13.1. The Labute approximate surface area is 173 Å². The number of allylic oxidation sites excluding steroid dienone is 1. The first kappa shape index (κ1) is 18.1. The summed E-state index contributed by atoms with van der Waals surface area (Å²) >= 11 is 1.45. The molecule has 4 nitrogen and oxygen atoms in total. The Morgan fingerprint density at radius 1 is 1.14 bits per heavy atom. The highest BCUT2D eigenvalue weighted by atomic mass is 32.1. The number of fused-ring (bicyclic) bond motifs is 4. The Bertz CT molecular complexity index is 1440. The van der Waals surface area contributed by atoms with E-state index in [2.05, 4.69) is 62.8 Å². The number of thiazole rings is 1. The van der Waals surface area contributed by atoms with E-state index in [1.165, 1.54) is 28.2 Å². The van der Waals surface area contributed by atoms with E-state index in [4.69, 9.17) is 0 Å². The lowest BCUT2D eigenvalue weighted by Gasteiger charge is -2.41. The van der Waals surface area contributed by atoms with Gasteiger partial charge in [-0.2, -0.15) is 0 Å². The first-order chi connectivity index (χ1) is 13.8. The van der Waals surface area contributed by atoms with Gasteiger partial charge in [-0.3, -0.25) is 4.79 Å². The molecule has 4 aromatic rings. The molecule has 0 amide bonds. The topological polar surface area (TPSA) is 37.6 Å². The number of nitrogens with zero attached hydrogens (tertiary/aromatic N) is 3. The third kappa shape index (κ3) is 2.64. The first-order valence-corrected chi connectivity index (χ1v) is 10.6. The van der Waals surface area contributed by atoms with Crippen molar-refractivity contribution in [1.82, 2.24) is 9.38 Å². The Morgan fingerprint density at radius 3 is 2.69 bits per heavy atom. The summed E-state index contributed by atoms with van der Waals surface area (Å²) in [7, 11) is 2.14. The van der Waals surface area contributed by atoms with Crippen LogP contribution in [0, 0.1) is 6.92 Å². The number of anilines is 1. The summed E-state index contributed by atoms with van der Waals surface area (Å²) in [6.07, 6.45) is 4.32. The molecule has 2 aromatic carbocycles. The van der Waals surface area contributed by atoms with Gasteiger partial charge in [0.05, 0.1) is 21.1 Å². The van der Waals surface area contributed by atoms with E-state index in [-0.39, 0.29) is 11.1 Å². The number of likely N-dealkylation sites (N-methyl/N-ethyl adjacent to an activating group) is 1. The zero-order valence-electron chi connectivity index (χ0n) is 17.3. The standard InChI is InChI=1S/C24H23N3OS/c1-14-10-20-17(15(2)13-24(3,4)26(20)5)11-16(14)12-21-22(28)27-19-9-7-6-8-18(19)25-23(27)29-21/h6-13H,1-5H3/b21-12+. The third-order valence-corrected chi connectivity index (χ3v) is 7.01. The van der Waals surface area contributed by atoms with Crippen LogP contribution in [0.5, 0.6) is 0 Å². The summed E-state index contributed by atoms with van der Waals surface area (Å²) in [6, 6.07) is 12.2. The average Bonchev–Trinajstić information content (AvgIpc) is 3.17. The summed E-state index contributed by atoms with van der Waals surface area (Å²) < 4.78 is 2.44. The Balaban J connectivity index is 1.72. The molecule has 5 heteroatoms. The van der Waals surface area contributed by atoms with Gasteiger partial charge < -0.3 is 4.90 Å². The van der Waals surface area contributed by atoms with Crippen molar-refractivity contribution in [3.8, 4) is 0 Å². The van der Waals surface area contributed by atoms with Crippen LogP contribution in [0.3, 0.4) is 0 Å². The van der Waals surface area contributed by atoms with Crippen LogP contribution in [-0.2, 0) is 0 Å². The van der Waals surface area contributed by atoms with Gasteiger partial charge >= 0.3 is 0 Å². The van der Waals surface area contributed by atoms with Crippen molar-refractivity contribution in [2.75, 3.05) is 11.9 Å². The molecule has 0 radical (unpaired) electrons. The Morgan fingerprint density at radius 2 is 1.90 bits per heavy atom. The monoisotopic (exact) mass is 401 g/mol. The lowest BCUT2D eigenvalue weighted by Crippen LogP contribution is -2.42. The predicted octanol–water partition coefficient (Wildman–Crippen LogP) is 4.40. The molecule has 0 atom stereocenters. The number of imidazole rings is 1. The van der Waals surface area contributed by atoms with Crippen LogP contribution in [0.15, 0.2) is 47.3 Å². The van der Waals surface area contributed by atoms with Crippen molar-refractivity contribution in [2.45, 2.75) is 33.2 Å².